The van der Waals surface area contributed by atoms with Gasteiger partial charge >= 0.3 is 0 Å². The zero-order valence-corrected chi connectivity index (χ0v) is 33.3. The summed E-state index contributed by atoms with van der Waals surface area (Å²) in [5.74, 6) is 0. The van der Waals surface area contributed by atoms with Crippen LogP contribution in [-0.2, 0) is 0 Å². The Kier molecular flexibility index (Phi) is 6.76. The molecule has 0 aliphatic carbocycles. The van der Waals surface area contributed by atoms with Crippen molar-refractivity contribution >= 4 is 71.3 Å². The van der Waals surface area contributed by atoms with Gasteiger partial charge in [-0.2, -0.15) is 0 Å². The van der Waals surface area contributed by atoms with Crippen molar-refractivity contribution in [2.45, 2.75) is 0 Å². The topological polar surface area (TPSA) is 16.4 Å². The number of hydrogen-bond acceptors (Lipinski definition) is 2. The summed E-state index contributed by atoms with van der Waals surface area (Å²) in [5, 5.41) is 7.44. The van der Waals surface area contributed by atoms with E-state index in [0.29, 0.717) is 33.5 Å². The molecule has 1 heterocycles. The Morgan fingerprint density at radius 3 is 1.66 bits per heavy atom. The number of fused-ring (bicyclic) bond motifs is 7. The predicted octanol–water partition coefficient (Wildman–Crippen LogP) is 17.2. The third kappa shape index (κ3) is 6.12. The van der Waals surface area contributed by atoms with Gasteiger partial charge in [0.15, 0.2) is 0 Å². The van der Waals surface area contributed by atoms with Crippen LogP contribution in [0.4, 0.5) is 17.1 Å². The monoisotopic (exact) mass is 797 g/mol. The lowest BCUT2D eigenvalue weighted by Gasteiger charge is -2.28. The number of benzene rings is 11. The fraction of sp³-hybridized carbons (Fsp3) is 0. The zero-order chi connectivity index (χ0) is 47.9. The quantitative estimate of drug-likeness (QED) is 0.160. The number of nitrogens with zero attached hydrogens (tertiary/aromatic N) is 1. The Morgan fingerprint density at radius 2 is 0.887 bits per heavy atom. The van der Waals surface area contributed by atoms with Crippen LogP contribution in [-0.4, -0.2) is 0 Å². The number of hydrogen-bond donors (Lipinski definition) is 0. The van der Waals surface area contributed by atoms with Crippen molar-refractivity contribution in [1.82, 2.24) is 0 Å². The number of para-hydroxylation sites is 2. The molecule has 0 aliphatic rings. The molecule has 0 N–H and O–H groups in total. The molecule has 12 rings (SSSR count). The lowest BCUT2D eigenvalue weighted by molar-refractivity contribution is 0.673. The van der Waals surface area contributed by atoms with Gasteiger partial charge in [-0.25, -0.2) is 0 Å². The maximum absolute atomic E-state index is 9.85. The van der Waals surface area contributed by atoms with Gasteiger partial charge in [-0.05, 0) is 114 Å². The number of rotatable bonds is 7. The summed E-state index contributed by atoms with van der Waals surface area (Å²) in [6.07, 6.45) is 0. The smallest absolute Gasteiger partial charge is 0.143 e. The first-order valence-electron chi connectivity index (χ1n) is 24.6. The number of anilines is 3. The predicted molar refractivity (Wildman–Crippen MR) is 263 cm³/mol. The minimum absolute atomic E-state index is 0.0868. The van der Waals surface area contributed by atoms with Gasteiger partial charge < -0.3 is 9.32 Å². The second-order valence-electron chi connectivity index (χ2n) is 15.4. The minimum Gasteiger partial charge on any atom is -0.455 e. The van der Waals surface area contributed by atoms with Gasteiger partial charge in [0, 0.05) is 33.1 Å². The van der Waals surface area contributed by atoms with E-state index in [1.54, 1.807) is 18.2 Å². The van der Waals surface area contributed by atoms with Crippen molar-refractivity contribution in [2.24, 2.45) is 0 Å². The molecule has 0 bridgehead atoms. The molecule has 1 aromatic heterocycles. The summed E-state index contributed by atoms with van der Waals surface area (Å²) in [5.41, 5.74) is 5.60. The molecule has 0 saturated heterocycles. The molecular formula is C60H39NO. The lowest BCUT2D eigenvalue weighted by atomic mass is 9.93. The maximum atomic E-state index is 9.85. The standard InChI is InChI=1S/C60H39NO/c1-2-14-46-38-47(29-26-40(46)12-1)43-32-36-50(37-33-43)61(49-34-30-42(31-35-49)41-24-27-45(28-25-41)52-21-11-16-44-13-3-5-17-51(44)52)57-22-9-7-19-54(57)56-39-48-15-4-6-18-53(48)60-59(56)55-20-8-10-23-58(55)62-60/h1-39H/i30D,31D,32D,33D,34D,35D,36D,37D. The third-order valence-corrected chi connectivity index (χ3v) is 11.8. The summed E-state index contributed by atoms with van der Waals surface area (Å²) in [6, 6.07) is 57.0. The highest BCUT2D eigenvalue weighted by molar-refractivity contribution is 6.22. The molecule has 12 aromatic rings. The van der Waals surface area contributed by atoms with Gasteiger partial charge in [0.05, 0.1) is 16.7 Å². The SMILES string of the molecule is [2H]c1c([2H])c(N(c2ccccc2-c2cc3ccccc3c3oc4ccccc4c23)c2c([2H])c([2H])c(-c3ccc4ccccc4c3)c([2H])c2[2H])c([2H])c([2H])c1-c1ccc(-c2cccc3ccccc23)cc1. The highest BCUT2D eigenvalue weighted by Crippen LogP contribution is 2.47. The molecule has 0 atom stereocenters. The van der Waals surface area contributed by atoms with Crippen LogP contribution in [0.5, 0.6) is 0 Å². The molecule has 0 aliphatic heterocycles. The molecule has 0 unspecified atom stereocenters. The van der Waals surface area contributed by atoms with Crippen LogP contribution in [0, 0.1) is 0 Å². The largest absolute Gasteiger partial charge is 0.455 e. The van der Waals surface area contributed by atoms with Crippen LogP contribution in [0.1, 0.15) is 11.0 Å². The fourth-order valence-electron chi connectivity index (χ4n) is 8.78. The van der Waals surface area contributed by atoms with Crippen molar-refractivity contribution in [3.05, 3.63) is 236 Å². The van der Waals surface area contributed by atoms with Crippen molar-refractivity contribution in [1.29, 1.82) is 0 Å². The average molecular weight is 798 g/mol. The van der Waals surface area contributed by atoms with Crippen LogP contribution in [0.25, 0.3) is 98.8 Å². The van der Waals surface area contributed by atoms with Crippen LogP contribution in [0.15, 0.2) is 241 Å². The molecule has 0 spiro atoms. The maximum Gasteiger partial charge on any atom is 0.143 e. The van der Waals surface area contributed by atoms with Gasteiger partial charge in [-0.3, -0.25) is 0 Å². The summed E-state index contributed by atoms with van der Waals surface area (Å²) >= 11 is 0. The molecule has 2 heteroatoms. The van der Waals surface area contributed by atoms with Gasteiger partial charge in [0.25, 0.3) is 0 Å². The molecule has 0 fully saturated rings. The summed E-state index contributed by atoms with van der Waals surface area (Å²) < 4.78 is 84.4. The van der Waals surface area contributed by atoms with Crippen LogP contribution in [0.3, 0.4) is 0 Å². The van der Waals surface area contributed by atoms with Crippen molar-refractivity contribution in [3.8, 4) is 44.5 Å². The molecule has 0 saturated carbocycles. The van der Waals surface area contributed by atoms with E-state index in [1.165, 1.54) is 4.90 Å². The molecule has 62 heavy (non-hydrogen) atoms. The Hall–Kier alpha value is -8.20. The minimum atomic E-state index is -0.420. The number of furan rings is 1. The Bertz CT molecular complexity index is 4060. The van der Waals surface area contributed by atoms with E-state index in [9.17, 15) is 11.0 Å². The second-order valence-corrected chi connectivity index (χ2v) is 15.4. The van der Waals surface area contributed by atoms with Gasteiger partial charge in [0.1, 0.15) is 11.2 Å². The first kappa shape index (κ1) is 28.3. The van der Waals surface area contributed by atoms with E-state index >= 15 is 0 Å². The summed E-state index contributed by atoms with van der Waals surface area (Å²) in [4.78, 5) is 1.40. The van der Waals surface area contributed by atoms with E-state index in [-0.39, 0.29) is 46.7 Å². The van der Waals surface area contributed by atoms with Crippen molar-refractivity contribution in [3.63, 3.8) is 0 Å². The molecule has 11 aromatic carbocycles. The Labute approximate surface area is 371 Å². The van der Waals surface area contributed by atoms with Crippen LogP contribution >= 0.6 is 0 Å². The van der Waals surface area contributed by atoms with Crippen molar-refractivity contribution in [2.75, 3.05) is 4.90 Å². The Morgan fingerprint density at radius 1 is 0.339 bits per heavy atom. The normalized spacial score (nSPS) is 13.4. The first-order valence-corrected chi connectivity index (χ1v) is 20.6. The molecule has 0 amide bonds. The highest BCUT2D eigenvalue weighted by Gasteiger charge is 2.22. The zero-order valence-electron chi connectivity index (χ0n) is 41.3. The van der Waals surface area contributed by atoms with Crippen molar-refractivity contribution < 1.29 is 15.4 Å². The lowest BCUT2D eigenvalue weighted by Crippen LogP contribution is -2.11. The van der Waals surface area contributed by atoms with Crippen LogP contribution < -0.4 is 4.90 Å². The Balaban J connectivity index is 1.11. The van der Waals surface area contributed by atoms with E-state index in [4.69, 9.17) is 4.42 Å². The molecular weight excluding hydrogens is 751 g/mol. The van der Waals surface area contributed by atoms with E-state index < -0.39 is 24.2 Å². The van der Waals surface area contributed by atoms with E-state index in [0.717, 1.165) is 59.8 Å². The molecule has 0 radical (unpaired) electrons. The second kappa shape index (κ2) is 14.8. The van der Waals surface area contributed by atoms with E-state index in [1.807, 2.05) is 146 Å². The highest BCUT2D eigenvalue weighted by atomic mass is 16.3. The fourth-order valence-corrected chi connectivity index (χ4v) is 8.78. The van der Waals surface area contributed by atoms with Crippen LogP contribution in [0.2, 0.25) is 0 Å². The summed E-state index contributed by atoms with van der Waals surface area (Å²) in [6.45, 7) is 0. The molecule has 290 valence electrons. The third-order valence-electron chi connectivity index (χ3n) is 11.8. The summed E-state index contributed by atoms with van der Waals surface area (Å²) in [7, 11) is 0. The van der Waals surface area contributed by atoms with Gasteiger partial charge in [-0.1, -0.05) is 188 Å². The molecule has 2 nitrogen and oxygen atoms in total. The van der Waals surface area contributed by atoms with Gasteiger partial charge in [0.2, 0.25) is 0 Å². The van der Waals surface area contributed by atoms with E-state index in [2.05, 4.69) is 24.3 Å². The first-order chi connectivity index (χ1) is 34.1. The average Bonchev–Trinajstić information content (AvgIpc) is 3.79. The van der Waals surface area contributed by atoms with Gasteiger partial charge in [-0.15, -0.1) is 0 Å².